The van der Waals surface area contributed by atoms with Crippen molar-refractivity contribution >= 4 is 19.7 Å². The van der Waals surface area contributed by atoms with Crippen molar-refractivity contribution in [3.8, 4) is 0 Å². The van der Waals surface area contributed by atoms with E-state index in [1.807, 2.05) is 33.3 Å². The lowest BCUT2D eigenvalue weighted by Gasteiger charge is -2.27. The summed E-state index contributed by atoms with van der Waals surface area (Å²) < 4.78 is 30.7. The maximum atomic E-state index is 13.5. The third-order valence-corrected chi connectivity index (χ3v) is 15.4. The highest BCUT2D eigenvalue weighted by atomic mass is 31.2. The highest BCUT2D eigenvalue weighted by Gasteiger charge is 2.30. The Hall–Kier alpha value is -1.51. The monoisotopic (exact) mass is 1050 g/mol. The standard InChI is InChI=1S/C63H123N2O7P/c1-7-10-13-16-19-22-25-27-28-29-30-31-32-33-34-35-36-38-40-43-46-49-52-55-62(66)64-60(59-71-73(68,69)70-58-57-65(4,5)6)61(54-51-48-45-42-39-24-21-18-15-12-9-3)72-63(67)56-53-50-47-44-41-37-26-23-20-17-14-11-8-2/h27-28,51,54,60-61H,7-26,29-50,52-53,55-59H2,1-6H3,(H-,64,66,68,69)/p+1/b28-27+,54-51-. The Morgan fingerprint density at radius 3 is 1.16 bits per heavy atom. The summed E-state index contributed by atoms with van der Waals surface area (Å²) in [6, 6.07) is -0.841. The summed E-state index contributed by atoms with van der Waals surface area (Å²) >= 11 is 0. The minimum atomic E-state index is -4.44. The van der Waals surface area contributed by atoms with Gasteiger partial charge in [0.1, 0.15) is 19.3 Å². The number of likely N-dealkylation sites (N-methyl/N-ethyl adjacent to an activating group) is 1. The first-order valence-electron chi connectivity index (χ1n) is 31.7. The molecule has 9 nitrogen and oxygen atoms in total. The quantitative estimate of drug-likeness (QED) is 0.0205. The van der Waals surface area contributed by atoms with E-state index in [1.165, 1.54) is 225 Å². The molecular formula is C63H124N2O7P+. The molecule has 3 unspecified atom stereocenters. The molecule has 0 aromatic carbocycles. The largest absolute Gasteiger partial charge is 0.472 e. The fourth-order valence-corrected chi connectivity index (χ4v) is 10.2. The van der Waals surface area contributed by atoms with Crippen molar-refractivity contribution in [2.24, 2.45) is 0 Å². The van der Waals surface area contributed by atoms with Crippen molar-refractivity contribution < 1.29 is 37.3 Å². The zero-order valence-electron chi connectivity index (χ0n) is 49.4. The summed E-state index contributed by atoms with van der Waals surface area (Å²) in [5.41, 5.74) is 0. The van der Waals surface area contributed by atoms with Gasteiger partial charge in [-0.2, -0.15) is 0 Å². The van der Waals surface area contributed by atoms with E-state index in [-0.39, 0.29) is 25.1 Å². The van der Waals surface area contributed by atoms with Gasteiger partial charge in [-0.3, -0.25) is 18.6 Å². The van der Waals surface area contributed by atoms with Crippen LogP contribution in [0.15, 0.2) is 24.3 Å². The molecule has 0 fully saturated rings. The van der Waals surface area contributed by atoms with Crippen LogP contribution in [0.3, 0.4) is 0 Å². The number of amides is 1. The molecule has 0 saturated carbocycles. The predicted octanol–water partition coefficient (Wildman–Crippen LogP) is 19.3. The molecule has 0 aromatic heterocycles. The number of ether oxygens (including phenoxy) is 1. The average molecular weight is 1050 g/mol. The van der Waals surface area contributed by atoms with Gasteiger partial charge in [-0.15, -0.1) is 0 Å². The lowest BCUT2D eigenvalue weighted by Crippen LogP contribution is -2.47. The van der Waals surface area contributed by atoms with Gasteiger partial charge in [0.2, 0.25) is 5.91 Å². The number of unbranched alkanes of at least 4 members (excludes halogenated alkanes) is 40. The number of carbonyl (C=O) groups excluding carboxylic acids is 2. The molecule has 0 radical (unpaired) electrons. The van der Waals surface area contributed by atoms with Gasteiger partial charge in [0, 0.05) is 12.8 Å². The number of hydrogen-bond acceptors (Lipinski definition) is 6. The molecule has 432 valence electrons. The Bertz CT molecular complexity index is 1300. The number of quaternary nitrogens is 1. The summed E-state index contributed by atoms with van der Waals surface area (Å²) in [7, 11) is 1.51. The SMILES string of the molecule is CCCCCCCC/C=C/CCCCCCCCCCCCCCCC(=O)NC(COP(=O)(O)OCC[N+](C)(C)C)C(/C=C\CCCCCCCCCCC)OC(=O)CCCCCCCCCCCCCCC. The molecule has 0 saturated heterocycles. The molecule has 0 bridgehead atoms. The smallest absolute Gasteiger partial charge is 0.456 e. The van der Waals surface area contributed by atoms with E-state index in [0.717, 1.165) is 57.8 Å². The Balaban J connectivity index is 5.07. The molecule has 3 atom stereocenters. The third-order valence-electron chi connectivity index (χ3n) is 14.4. The van der Waals surface area contributed by atoms with E-state index in [1.54, 1.807) is 0 Å². The van der Waals surface area contributed by atoms with Gasteiger partial charge < -0.3 is 19.4 Å². The summed E-state index contributed by atoms with van der Waals surface area (Å²) in [4.78, 5) is 37.6. The zero-order valence-corrected chi connectivity index (χ0v) is 50.3. The zero-order chi connectivity index (χ0) is 53.6. The van der Waals surface area contributed by atoms with Crippen LogP contribution in [0.1, 0.15) is 316 Å². The van der Waals surface area contributed by atoms with Crippen molar-refractivity contribution in [1.29, 1.82) is 0 Å². The Kier molecular flexibility index (Phi) is 52.8. The van der Waals surface area contributed by atoms with Gasteiger partial charge in [-0.25, -0.2) is 4.57 Å². The van der Waals surface area contributed by atoms with Crippen LogP contribution < -0.4 is 5.32 Å². The van der Waals surface area contributed by atoms with E-state index >= 15 is 0 Å². The minimum Gasteiger partial charge on any atom is -0.456 e. The summed E-state index contributed by atoms with van der Waals surface area (Å²) in [6.07, 6.45) is 63.2. The summed E-state index contributed by atoms with van der Waals surface area (Å²) in [5.74, 6) is -0.490. The second-order valence-corrected chi connectivity index (χ2v) is 24.4. The number of nitrogens with zero attached hydrogens (tertiary/aromatic N) is 1. The van der Waals surface area contributed by atoms with E-state index in [0.29, 0.717) is 23.9 Å². The third kappa shape index (κ3) is 55.1. The molecule has 10 heteroatoms. The first kappa shape index (κ1) is 71.5. The Labute approximate surface area is 454 Å². The topological polar surface area (TPSA) is 111 Å². The van der Waals surface area contributed by atoms with Crippen LogP contribution in [-0.2, 0) is 27.9 Å². The number of hydrogen-bond donors (Lipinski definition) is 2. The average Bonchev–Trinajstić information content (AvgIpc) is 3.35. The molecule has 0 aliphatic rings. The first-order chi connectivity index (χ1) is 35.4. The highest BCUT2D eigenvalue weighted by molar-refractivity contribution is 7.47. The van der Waals surface area contributed by atoms with Gasteiger partial charge in [0.05, 0.1) is 33.8 Å². The van der Waals surface area contributed by atoms with Crippen LogP contribution in [-0.4, -0.2) is 74.3 Å². The van der Waals surface area contributed by atoms with Gasteiger partial charge in [-0.05, 0) is 57.4 Å². The van der Waals surface area contributed by atoms with Crippen LogP contribution in [0.4, 0.5) is 0 Å². The molecule has 0 rings (SSSR count). The van der Waals surface area contributed by atoms with E-state index in [4.69, 9.17) is 13.8 Å². The molecule has 2 N–H and O–H groups in total. The number of phosphoric acid groups is 1. The van der Waals surface area contributed by atoms with E-state index < -0.39 is 20.0 Å². The van der Waals surface area contributed by atoms with Gasteiger partial charge in [0.25, 0.3) is 0 Å². The van der Waals surface area contributed by atoms with Crippen LogP contribution in [0.5, 0.6) is 0 Å². The van der Waals surface area contributed by atoms with Gasteiger partial charge in [-0.1, -0.05) is 270 Å². The normalized spacial score (nSPS) is 13.8. The van der Waals surface area contributed by atoms with Gasteiger partial charge >= 0.3 is 13.8 Å². The van der Waals surface area contributed by atoms with Gasteiger partial charge in [0.15, 0.2) is 0 Å². The summed E-state index contributed by atoms with van der Waals surface area (Å²) in [6.45, 7) is 7.04. The van der Waals surface area contributed by atoms with Crippen LogP contribution >= 0.6 is 7.82 Å². The number of nitrogens with one attached hydrogen (secondary N) is 1. The van der Waals surface area contributed by atoms with Crippen LogP contribution in [0, 0.1) is 0 Å². The Morgan fingerprint density at radius 2 is 0.795 bits per heavy atom. The second kappa shape index (κ2) is 53.9. The van der Waals surface area contributed by atoms with Crippen molar-refractivity contribution in [2.75, 3.05) is 40.9 Å². The van der Waals surface area contributed by atoms with Crippen LogP contribution in [0.2, 0.25) is 0 Å². The highest BCUT2D eigenvalue weighted by Crippen LogP contribution is 2.43. The fourth-order valence-electron chi connectivity index (χ4n) is 9.47. The van der Waals surface area contributed by atoms with E-state index in [2.05, 4.69) is 38.2 Å². The first-order valence-corrected chi connectivity index (χ1v) is 33.2. The van der Waals surface area contributed by atoms with Crippen molar-refractivity contribution in [3.63, 3.8) is 0 Å². The lowest BCUT2D eigenvalue weighted by molar-refractivity contribution is -0.870. The van der Waals surface area contributed by atoms with Crippen molar-refractivity contribution in [2.45, 2.75) is 328 Å². The molecule has 0 aromatic rings. The maximum absolute atomic E-state index is 13.5. The Morgan fingerprint density at radius 1 is 0.466 bits per heavy atom. The number of allylic oxidation sites excluding steroid dienone is 3. The molecular weight excluding hydrogens is 928 g/mol. The summed E-state index contributed by atoms with van der Waals surface area (Å²) in [5, 5.41) is 3.06. The van der Waals surface area contributed by atoms with Crippen molar-refractivity contribution in [3.05, 3.63) is 24.3 Å². The molecule has 0 spiro atoms. The molecule has 0 aliphatic heterocycles. The van der Waals surface area contributed by atoms with Crippen molar-refractivity contribution in [1.82, 2.24) is 5.32 Å². The van der Waals surface area contributed by atoms with E-state index in [9.17, 15) is 19.0 Å². The van der Waals surface area contributed by atoms with Crippen LogP contribution in [0.25, 0.3) is 0 Å². The number of carbonyl (C=O) groups is 2. The predicted molar refractivity (Wildman–Crippen MR) is 314 cm³/mol. The molecule has 73 heavy (non-hydrogen) atoms. The maximum Gasteiger partial charge on any atom is 0.472 e. The molecule has 0 aliphatic carbocycles. The molecule has 1 amide bonds. The number of esters is 1. The lowest BCUT2D eigenvalue weighted by atomic mass is 10.0. The molecule has 0 heterocycles. The number of rotatable bonds is 58. The minimum absolute atomic E-state index is 0.0440. The fraction of sp³-hybridized carbons (Fsp3) is 0.905. The number of phosphoric ester groups is 1. The second-order valence-electron chi connectivity index (χ2n) is 22.9.